The van der Waals surface area contributed by atoms with E-state index in [2.05, 4.69) is 0 Å². The summed E-state index contributed by atoms with van der Waals surface area (Å²) >= 11 is 1.25. The van der Waals surface area contributed by atoms with Gasteiger partial charge in [-0.05, 0) is 36.6 Å². The van der Waals surface area contributed by atoms with E-state index in [1.807, 2.05) is 31.2 Å². The van der Waals surface area contributed by atoms with Gasteiger partial charge in [0.1, 0.15) is 0 Å². The highest BCUT2D eigenvalue weighted by Crippen LogP contribution is 2.15. The number of hydrogen-bond donors (Lipinski definition) is 2. The lowest BCUT2D eigenvalue weighted by Gasteiger charge is -2.04. The van der Waals surface area contributed by atoms with Crippen LogP contribution in [0.25, 0.3) is 0 Å². The van der Waals surface area contributed by atoms with Crippen molar-refractivity contribution in [2.75, 3.05) is 0 Å². The zero-order valence-electron chi connectivity index (χ0n) is 6.45. The molecule has 0 aliphatic heterocycles. The Morgan fingerprint density at radius 1 is 1.27 bits per heavy atom. The monoisotopic (exact) mass is 168 g/mol. The molecule has 1 aromatic carbocycles. The van der Waals surface area contributed by atoms with E-state index in [0.29, 0.717) is 0 Å². The molecule has 1 atom stereocenters. The molecule has 1 rings (SSSR count). The van der Waals surface area contributed by atoms with Gasteiger partial charge in [0.15, 0.2) is 0 Å². The molecule has 60 valence electrons. The van der Waals surface area contributed by atoms with Crippen molar-refractivity contribution < 1.29 is 0 Å². The Morgan fingerprint density at radius 2 is 1.82 bits per heavy atom. The van der Waals surface area contributed by atoms with Crippen LogP contribution in [0.15, 0.2) is 29.2 Å². The van der Waals surface area contributed by atoms with Crippen LogP contribution in [0.2, 0.25) is 0 Å². The van der Waals surface area contributed by atoms with E-state index in [0.717, 1.165) is 10.5 Å². The van der Waals surface area contributed by atoms with E-state index < -0.39 is 0 Å². The lowest BCUT2D eigenvalue weighted by atomic mass is 10.1. The van der Waals surface area contributed by atoms with Gasteiger partial charge in [-0.2, -0.15) is 0 Å². The van der Waals surface area contributed by atoms with Gasteiger partial charge in [-0.15, -0.1) is 0 Å². The Bertz CT molecular complexity index is 218. The van der Waals surface area contributed by atoms with Crippen LogP contribution >= 0.6 is 11.9 Å². The van der Waals surface area contributed by atoms with Crippen LogP contribution in [-0.2, 0) is 0 Å². The van der Waals surface area contributed by atoms with Gasteiger partial charge in [0.25, 0.3) is 0 Å². The van der Waals surface area contributed by atoms with Crippen LogP contribution in [0, 0.1) is 0 Å². The third-order valence-electron chi connectivity index (χ3n) is 1.54. The molecule has 1 unspecified atom stereocenters. The van der Waals surface area contributed by atoms with E-state index in [-0.39, 0.29) is 6.04 Å². The lowest BCUT2D eigenvalue weighted by molar-refractivity contribution is 0.817. The lowest BCUT2D eigenvalue weighted by Crippen LogP contribution is -2.04. The number of nitrogens with two attached hydrogens (primary N) is 2. The van der Waals surface area contributed by atoms with Crippen molar-refractivity contribution in [2.45, 2.75) is 17.9 Å². The van der Waals surface area contributed by atoms with Crippen molar-refractivity contribution >= 4 is 11.9 Å². The fourth-order valence-electron chi connectivity index (χ4n) is 0.850. The first kappa shape index (κ1) is 8.59. The van der Waals surface area contributed by atoms with Crippen molar-refractivity contribution in [3.05, 3.63) is 29.8 Å². The summed E-state index contributed by atoms with van der Waals surface area (Å²) in [5.74, 6) is 0. The summed E-state index contributed by atoms with van der Waals surface area (Å²) < 4.78 is 0. The third kappa shape index (κ3) is 2.22. The van der Waals surface area contributed by atoms with Gasteiger partial charge in [-0.3, -0.25) is 5.14 Å². The third-order valence-corrected chi connectivity index (χ3v) is 2.09. The molecule has 0 spiro atoms. The molecule has 0 heterocycles. The van der Waals surface area contributed by atoms with Gasteiger partial charge in [0, 0.05) is 10.9 Å². The van der Waals surface area contributed by atoms with Gasteiger partial charge in [0.05, 0.1) is 0 Å². The number of hydrogen-bond acceptors (Lipinski definition) is 3. The molecule has 0 aliphatic carbocycles. The fourth-order valence-corrected chi connectivity index (χ4v) is 1.14. The summed E-state index contributed by atoms with van der Waals surface area (Å²) in [6.45, 7) is 1.96. The fraction of sp³-hybridized carbons (Fsp3) is 0.250. The minimum absolute atomic E-state index is 0.104. The zero-order valence-corrected chi connectivity index (χ0v) is 7.27. The van der Waals surface area contributed by atoms with Crippen molar-refractivity contribution in [3.8, 4) is 0 Å². The second kappa shape index (κ2) is 3.76. The topological polar surface area (TPSA) is 52.0 Å². The van der Waals surface area contributed by atoms with Gasteiger partial charge in [0.2, 0.25) is 0 Å². The minimum atomic E-state index is 0.104. The SMILES string of the molecule is CC(N)c1ccc(SN)cc1. The Balaban J connectivity index is 2.83. The van der Waals surface area contributed by atoms with E-state index >= 15 is 0 Å². The van der Waals surface area contributed by atoms with Gasteiger partial charge >= 0.3 is 0 Å². The summed E-state index contributed by atoms with van der Waals surface area (Å²) in [5, 5.41) is 5.36. The van der Waals surface area contributed by atoms with Gasteiger partial charge in [-0.25, -0.2) is 0 Å². The molecule has 4 N–H and O–H groups in total. The number of benzene rings is 1. The Kier molecular flexibility index (Phi) is 2.93. The maximum Gasteiger partial charge on any atom is 0.0266 e. The molecule has 0 saturated heterocycles. The molecular formula is C8H12N2S. The first-order valence-corrected chi connectivity index (χ1v) is 4.34. The normalized spacial score (nSPS) is 13.0. The Hall–Kier alpha value is -0.510. The highest BCUT2D eigenvalue weighted by molar-refractivity contribution is 7.97. The van der Waals surface area contributed by atoms with Crippen LogP contribution in [0.4, 0.5) is 0 Å². The van der Waals surface area contributed by atoms with Crippen molar-refractivity contribution in [2.24, 2.45) is 10.9 Å². The van der Waals surface area contributed by atoms with Crippen LogP contribution in [0.5, 0.6) is 0 Å². The van der Waals surface area contributed by atoms with E-state index in [9.17, 15) is 0 Å². The van der Waals surface area contributed by atoms with E-state index in [4.69, 9.17) is 10.9 Å². The van der Waals surface area contributed by atoms with Crippen LogP contribution in [0.1, 0.15) is 18.5 Å². The van der Waals surface area contributed by atoms with Crippen molar-refractivity contribution in [3.63, 3.8) is 0 Å². The molecule has 0 saturated carbocycles. The molecule has 0 radical (unpaired) electrons. The Morgan fingerprint density at radius 3 is 2.18 bits per heavy atom. The first-order chi connectivity index (χ1) is 5.24. The van der Waals surface area contributed by atoms with Crippen molar-refractivity contribution in [1.82, 2.24) is 0 Å². The Labute approximate surface area is 71.1 Å². The van der Waals surface area contributed by atoms with Crippen LogP contribution in [-0.4, -0.2) is 0 Å². The quantitative estimate of drug-likeness (QED) is 0.660. The average molecular weight is 168 g/mol. The maximum atomic E-state index is 5.67. The predicted octanol–water partition coefficient (Wildman–Crippen LogP) is 1.67. The second-order valence-electron chi connectivity index (χ2n) is 2.48. The average Bonchev–Trinajstić information content (AvgIpc) is 2.05. The molecular weight excluding hydrogens is 156 g/mol. The molecule has 0 bridgehead atoms. The summed E-state index contributed by atoms with van der Waals surface area (Å²) in [6.07, 6.45) is 0. The zero-order chi connectivity index (χ0) is 8.27. The van der Waals surface area contributed by atoms with Crippen LogP contribution in [0.3, 0.4) is 0 Å². The summed E-state index contributed by atoms with van der Waals surface area (Å²) in [7, 11) is 0. The highest BCUT2D eigenvalue weighted by atomic mass is 32.2. The molecule has 2 nitrogen and oxygen atoms in total. The van der Waals surface area contributed by atoms with Gasteiger partial charge in [-0.1, -0.05) is 12.1 Å². The molecule has 1 aromatic rings. The molecule has 11 heavy (non-hydrogen) atoms. The number of rotatable bonds is 2. The predicted molar refractivity (Wildman–Crippen MR) is 49.1 cm³/mol. The maximum absolute atomic E-state index is 5.67. The summed E-state index contributed by atoms with van der Waals surface area (Å²) in [4.78, 5) is 1.06. The van der Waals surface area contributed by atoms with E-state index in [1.165, 1.54) is 11.9 Å². The first-order valence-electron chi connectivity index (χ1n) is 3.46. The molecule has 0 aromatic heterocycles. The smallest absolute Gasteiger partial charge is 0.0266 e. The summed E-state index contributed by atoms with van der Waals surface area (Å²) in [6, 6.07) is 8.05. The standard InChI is InChI=1S/C8H12N2S/c1-6(9)7-2-4-8(11-10)5-3-7/h2-6H,9-10H2,1H3. The van der Waals surface area contributed by atoms with Crippen molar-refractivity contribution in [1.29, 1.82) is 0 Å². The minimum Gasteiger partial charge on any atom is -0.324 e. The molecule has 0 fully saturated rings. The summed E-state index contributed by atoms with van der Waals surface area (Å²) in [5.41, 5.74) is 6.81. The largest absolute Gasteiger partial charge is 0.324 e. The molecule has 0 amide bonds. The van der Waals surface area contributed by atoms with Gasteiger partial charge < -0.3 is 5.73 Å². The highest BCUT2D eigenvalue weighted by Gasteiger charge is 1.97. The second-order valence-corrected chi connectivity index (χ2v) is 3.18. The molecule has 3 heteroatoms. The molecule has 0 aliphatic rings. The van der Waals surface area contributed by atoms with Crippen LogP contribution < -0.4 is 10.9 Å². The van der Waals surface area contributed by atoms with E-state index in [1.54, 1.807) is 0 Å².